The maximum atomic E-state index is 12.1. The van der Waals surface area contributed by atoms with Crippen LogP contribution in [0.5, 0.6) is 0 Å². The van der Waals surface area contributed by atoms with Crippen molar-refractivity contribution in [1.82, 2.24) is 5.32 Å². The minimum atomic E-state index is -0.736. The fourth-order valence-corrected chi connectivity index (χ4v) is 2.74. The number of amides is 1. The topological polar surface area (TPSA) is 49.3 Å². The summed E-state index contributed by atoms with van der Waals surface area (Å²) in [6, 6.07) is 5.26. The molecule has 1 fully saturated rings. The molecule has 3 nitrogen and oxygen atoms in total. The molecule has 2 rings (SSSR count). The van der Waals surface area contributed by atoms with Gasteiger partial charge in [0.2, 0.25) is 0 Å². The molecule has 19 heavy (non-hydrogen) atoms. The monoisotopic (exact) mass is 281 g/mol. The molecule has 1 aliphatic rings. The molecule has 1 aromatic rings. The predicted octanol–water partition coefficient (Wildman–Crippen LogP) is 3.07. The Bertz CT molecular complexity index is 467. The molecule has 1 aliphatic carbocycles. The molecule has 2 N–H and O–H groups in total. The van der Waals surface area contributed by atoms with E-state index in [1.165, 1.54) is 6.42 Å². The van der Waals surface area contributed by atoms with Gasteiger partial charge in [0.05, 0.1) is 5.60 Å². The first-order valence-electron chi connectivity index (χ1n) is 6.77. The first-order valence-corrected chi connectivity index (χ1v) is 7.15. The van der Waals surface area contributed by atoms with Crippen LogP contribution in [0.25, 0.3) is 0 Å². The van der Waals surface area contributed by atoms with Crippen molar-refractivity contribution in [2.24, 2.45) is 0 Å². The Labute approximate surface area is 119 Å². The van der Waals surface area contributed by atoms with Gasteiger partial charge in [0.1, 0.15) is 0 Å². The van der Waals surface area contributed by atoms with Crippen molar-refractivity contribution in [3.05, 3.63) is 34.3 Å². The van der Waals surface area contributed by atoms with Crippen LogP contribution in [0, 0.1) is 6.92 Å². The van der Waals surface area contributed by atoms with Gasteiger partial charge in [0.15, 0.2) is 0 Å². The Morgan fingerprint density at radius 1 is 1.37 bits per heavy atom. The smallest absolute Gasteiger partial charge is 0.251 e. The van der Waals surface area contributed by atoms with Crippen molar-refractivity contribution in [3.8, 4) is 0 Å². The maximum absolute atomic E-state index is 12.1. The quantitative estimate of drug-likeness (QED) is 0.894. The summed E-state index contributed by atoms with van der Waals surface area (Å²) in [7, 11) is 0. The van der Waals surface area contributed by atoms with Crippen molar-refractivity contribution >= 4 is 17.5 Å². The molecule has 0 atom stereocenters. The molecule has 104 valence electrons. The van der Waals surface area contributed by atoms with Gasteiger partial charge >= 0.3 is 0 Å². The van der Waals surface area contributed by atoms with E-state index in [9.17, 15) is 9.90 Å². The highest BCUT2D eigenvalue weighted by Gasteiger charge is 2.29. The van der Waals surface area contributed by atoms with E-state index >= 15 is 0 Å². The predicted molar refractivity (Wildman–Crippen MR) is 76.6 cm³/mol. The van der Waals surface area contributed by atoms with Crippen LogP contribution in [0.15, 0.2) is 18.2 Å². The van der Waals surface area contributed by atoms with Crippen molar-refractivity contribution < 1.29 is 9.90 Å². The van der Waals surface area contributed by atoms with E-state index in [0.29, 0.717) is 17.1 Å². The number of aliphatic hydroxyl groups is 1. The molecule has 0 radical (unpaired) electrons. The zero-order valence-electron chi connectivity index (χ0n) is 11.2. The average molecular weight is 282 g/mol. The van der Waals surface area contributed by atoms with Crippen molar-refractivity contribution in [3.63, 3.8) is 0 Å². The number of carbonyl (C=O) groups excluding carboxylic acids is 1. The van der Waals surface area contributed by atoms with Crippen LogP contribution in [-0.2, 0) is 0 Å². The molecule has 1 aromatic carbocycles. The zero-order valence-corrected chi connectivity index (χ0v) is 12.0. The Hall–Kier alpha value is -1.06. The second-order valence-electron chi connectivity index (χ2n) is 5.43. The van der Waals surface area contributed by atoms with Gasteiger partial charge in [-0.15, -0.1) is 0 Å². The second-order valence-corrected chi connectivity index (χ2v) is 5.86. The summed E-state index contributed by atoms with van der Waals surface area (Å²) in [4.78, 5) is 12.1. The number of benzene rings is 1. The standard InChI is InChI=1S/C15H20ClNO2/c1-11-5-6-12(16)9-13(11)14(18)17-10-15(19)7-3-2-4-8-15/h5-6,9,19H,2-4,7-8,10H2,1H3,(H,17,18). The lowest BCUT2D eigenvalue weighted by atomic mass is 9.85. The number of halogens is 1. The lowest BCUT2D eigenvalue weighted by molar-refractivity contribution is 0.00525. The molecule has 0 unspecified atom stereocenters. The normalized spacial score (nSPS) is 18.1. The molecule has 0 saturated heterocycles. The van der Waals surface area contributed by atoms with E-state index in [-0.39, 0.29) is 5.91 Å². The van der Waals surface area contributed by atoms with Gasteiger partial charge in [-0.05, 0) is 37.5 Å². The summed E-state index contributed by atoms with van der Waals surface area (Å²) < 4.78 is 0. The van der Waals surface area contributed by atoms with E-state index in [4.69, 9.17) is 11.6 Å². The summed E-state index contributed by atoms with van der Waals surface area (Å²) in [5.41, 5.74) is 0.727. The van der Waals surface area contributed by atoms with Crippen molar-refractivity contribution in [1.29, 1.82) is 0 Å². The van der Waals surface area contributed by atoms with Crippen LogP contribution >= 0.6 is 11.6 Å². The van der Waals surface area contributed by atoms with Gasteiger partial charge < -0.3 is 10.4 Å². The Kier molecular flexibility index (Phi) is 4.48. The number of aryl methyl sites for hydroxylation is 1. The van der Waals surface area contributed by atoms with Crippen LogP contribution in [0.2, 0.25) is 5.02 Å². The van der Waals surface area contributed by atoms with Crippen LogP contribution in [-0.4, -0.2) is 23.2 Å². The molecule has 1 saturated carbocycles. The number of nitrogens with one attached hydrogen (secondary N) is 1. The Morgan fingerprint density at radius 3 is 2.74 bits per heavy atom. The van der Waals surface area contributed by atoms with E-state index in [2.05, 4.69) is 5.32 Å². The third kappa shape index (κ3) is 3.71. The summed E-state index contributed by atoms with van der Waals surface area (Å²) in [6.45, 7) is 2.19. The highest BCUT2D eigenvalue weighted by Crippen LogP contribution is 2.27. The molecular weight excluding hydrogens is 262 g/mol. The molecule has 1 amide bonds. The third-order valence-electron chi connectivity index (χ3n) is 3.81. The minimum absolute atomic E-state index is 0.168. The molecular formula is C15H20ClNO2. The van der Waals surface area contributed by atoms with Crippen molar-refractivity contribution in [2.45, 2.75) is 44.6 Å². The van der Waals surface area contributed by atoms with E-state index in [1.807, 2.05) is 13.0 Å². The fourth-order valence-electron chi connectivity index (χ4n) is 2.57. The SMILES string of the molecule is Cc1ccc(Cl)cc1C(=O)NCC1(O)CCCCC1. The summed E-state index contributed by atoms with van der Waals surface area (Å²) in [5, 5.41) is 13.7. The van der Waals surface area contributed by atoms with Gasteiger partial charge in [-0.2, -0.15) is 0 Å². The second kappa shape index (κ2) is 5.93. The fraction of sp³-hybridized carbons (Fsp3) is 0.533. The number of hydrogen-bond donors (Lipinski definition) is 2. The van der Waals surface area contributed by atoms with E-state index < -0.39 is 5.60 Å². The van der Waals surface area contributed by atoms with E-state index in [0.717, 1.165) is 31.2 Å². The summed E-state index contributed by atoms with van der Waals surface area (Å²) >= 11 is 5.91. The van der Waals surface area contributed by atoms with Crippen LogP contribution in [0.3, 0.4) is 0 Å². The molecule has 0 aliphatic heterocycles. The van der Waals surface area contributed by atoms with E-state index in [1.54, 1.807) is 12.1 Å². The van der Waals surface area contributed by atoms with Gasteiger partial charge in [-0.25, -0.2) is 0 Å². The van der Waals surface area contributed by atoms with Crippen LogP contribution in [0.4, 0.5) is 0 Å². The number of hydrogen-bond acceptors (Lipinski definition) is 2. The Morgan fingerprint density at radius 2 is 2.05 bits per heavy atom. The largest absolute Gasteiger partial charge is 0.388 e. The number of carbonyl (C=O) groups is 1. The molecule has 0 bridgehead atoms. The maximum Gasteiger partial charge on any atom is 0.251 e. The molecule has 0 aromatic heterocycles. The van der Waals surface area contributed by atoms with Crippen LogP contribution in [0.1, 0.15) is 48.0 Å². The highest BCUT2D eigenvalue weighted by molar-refractivity contribution is 6.31. The van der Waals surface area contributed by atoms with Gasteiger partial charge in [0.25, 0.3) is 5.91 Å². The van der Waals surface area contributed by atoms with Gasteiger partial charge in [0, 0.05) is 17.1 Å². The Balaban J connectivity index is 1.99. The zero-order chi connectivity index (χ0) is 13.9. The average Bonchev–Trinajstić information content (AvgIpc) is 2.40. The molecule has 0 spiro atoms. The number of rotatable bonds is 3. The lowest BCUT2D eigenvalue weighted by Crippen LogP contribution is -2.44. The first-order chi connectivity index (χ1) is 9.00. The highest BCUT2D eigenvalue weighted by atomic mass is 35.5. The lowest BCUT2D eigenvalue weighted by Gasteiger charge is -2.32. The van der Waals surface area contributed by atoms with Crippen LogP contribution < -0.4 is 5.32 Å². The minimum Gasteiger partial charge on any atom is -0.388 e. The summed E-state index contributed by atoms with van der Waals surface area (Å²) in [5.74, 6) is -0.168. The van der Waals surface area contributed by atoms with Crippen molar-refractivity contribution in [2.75, 3.05) is 6.54 Å². The molecule has 4 heteroatoms. The molecule has 0 heterocycles. The van der Waals surface area contributed by atoms with Gasteiger partial charge in [-0.1, -0.05) is 36.9 Å². The third-order valence-corrected chi connectivity index (χ3v) is 4.04. The van der Waals surface area contributed by atoms with Gasteiger partial charge in [-0.3, -0.25) is 4.79 Å². The first kappa shape index (κ1) is 14.4. The summed E-state index contributed by atoms with van der Waals surface area (Å²) in [6.07, 6.45) is 4.76.